The highest BCUT2D eigenvalue weighted by Gasteiger charge is 2.61. The summed E-state index contributed by atoms with van der Waals surface area (Å²) in [6.07, 6.45) is -0.435. The van der Waals surface area contributed by atoms with Crippen LogP contribution in [0.2, 0.25) is 5.02 Å². The van der Waals surface area contributed by atoms with Crippen LogP contribution in [0, 0.1) is 5.92 Å². The average Bonchev–Trinajstić information content (AvgIpc) is 3.57. The van der Waals surface area contributed by atoms with Gasteiger partial charge >= 0.3 is 0 Å². The number of ketones is 2. The lowest BCUT2D eigenvalue weighted by Gasteiger charge is -2.38. The molecule has 2 amide bonds. The molecule has 228 valence electrons. The first kappa shape index (κ1) is 30.0. The maximum absolute atomic E-state index is 14.2. The van der Waals surface area contributed by atoms with Crippen LogP contribution in [0.4, 0.5) is 0 Å². The predicted molar refractivity (Wildman–Crippen MR) is 152 cm³/mol. The van der Waals surface area contributed by atoms with Gasteiger partial charge in [0.2, 0.25) is 30.0 Å². The number of aliphatic hydroxyl groups is 1. The smallest absolute Gasteiger partial charge is 0.231 e. The summed E-state index contributed by atoms with van der Waals surface area (Å²) in [5.41, 5.74) is -1.67. The van der Waals surface area contributed by atoms with Gasteiger partial charge in [0.1, 0.15) is 22.1 Å². The standard InChI is InChI=1S/C30H31ClN2O10/c1-14-9-18(35)24(28(37)30(14)29(38)25-21(39-3)12-22(40-4)26(31)27(25)43-30)17(11-23(36)33-8-7-32-15(2)34)16-5-6-19-20(10-16)42-13-41-19/h5-6,10,12,14,17,37H,7-9,11,13H2,1-4H3,(H,32,34)(H,33,36)/t14-,17?,30+/m1/s1. The molecule has 3 atom stereocenters. The maximum Gasteiger partial charge on any atom is 0.231 e. The highest BCUT2D eigenvalue weighted by atomic mass is 35.5. The molecule has 3 aliphatic rings. The van der Waals surface area contributed by atoms with Gasteiger partial charge in [0.05, 0.1) is 14.2 Å². The first-order chi connectivity index (χ1) is 20.5. The first-order valence-corrected chi connectivity index (χ1v) is 14.0. The van der Waals surface area contributed by atoms with Gasteiger partial charge in [-0.15, -0.1) is 0 Å². The molecular weight excluding hydrogens is 584 g/mol. The van der Waals surface area contributed by atoms with Gasteiger partial charge in [-0.3, -0.25) is 19.2 Å². The predicted octanol–water partition coefficient (Wildman–Crippen LogP) is 3.25. The van der Waals surface area contributed by atoms with E-state index in [1.54, 1.807) is 25.1 Å². The molecule has 1 unspecified atom stereocenters. The maximum atomic E-state index is 14.2. The van der Waals surface area contributed by atoms with E-state index >= 15 is 0 Å². The van der Waals surface area contributed by atoms with E-state index < -0.39 is 40.7 Å². The van der Waals surface area contributed by atoms with Crippen molar-refractivity contribution in [3.05, 3.63) is 51.7 Å². The number of aliphatic hydroxyl groups excluding tert-OH is 1. The fourth-order valence-electron chi connectivity index (χ4n) is 5.75. The molecule has 0 saturated heterocycles. The van der Waals surface area contributed by atoms with E-state index in [1.807, 2.05) is 0 Å². The van der Waals surface area contributed by atoms with Crippen molar-refractivity contribution in [3.8, 4) is 28.7 Å². The number of fused-ring (bicyclic) bond motifs is 2. The van der Waals surface area contributed by atoms with Gasteiger partial charge in [0, 0.05) is 56.3 Å². The molecule has 0 fully saturated rings. The molecule has 13 heteroatoms. The second-order valence-corrected chi connectivity index (χ2v) is 10.8. The molecule has 5 rings (SSSR count). The molecular formula is C30H31ClN2O10. The Morgan fingerprint density at radius 3 is 2.49 bits per heavy atom. The molecule has 2 aromatic carbocycles. The van der Waals surface area contributed by atoms with Crippen molar-refractivity contribution >= 4 is 35.0 Å². The van der Waals surface area contributed by atoms with Crippen LogP contribution < -0.4 is 34.3 Å². The van der Waals surface area contributed by atoms with Crippen molar-refractivity contribution in [3.63, 3.8) is 0 Å². The summed E-state index contributed by atoms with van der Waals surface area (Å²) in [7, 11) is 2.77. The summed E-state index contributed by atoms with van der Waals surface area (Å²) >= 11 is 6.55. The lowest BCUT2D eigenvalue weighted by Crippen LogP contribution is -2.53. The molecule has 0 bridgehead atoms. The van der Waals surface area contributed by atoms with Gasteiger partial charge in [-0.1, -0.05) is 24.6 Å². The molecule has 3 N–H and O–H groups in total. The number of amides is 2. The molecule has 43 heavy (non-hydrogen) atoms. The first-order valence-electron chi connectivity index (χ1n) is 13.6. The van der Waals surface area contributed by atoms with E-state index in [0.29, 0.717) is 17.1 Å². The summed E-state index contributed by atoms with van der Waals surface area (Å²) in [6.45, 7) is 3.34. The van der Waals surface area contributed by atoms with Crippen molar-refractivity contribution in [2.45, 2.75) is 38.2 Å². The molecule has 2 aromatic rings. The van der Waals surface area contributed by atoms with Crippen LogP contribution in [0.5, 0.6) is 28.7 Å². The fourth-order valence-corrected chi connectivity index (χ4v) is 6.02. The minimum absolute atomic E-state index is 0.00719. The zero-order valence-corrected chi connectivity index (χ0v) is 24.8. The second kappa shape index (κ2) is 11.7. The molecule has 2 aliphatic heterocycles. The summed E-state index contributed by atoms with van der Waals surface area (Å²) in [5, 5.41) is 17.3. The Balaban J connectivity index is 1.61. The van der Waals surface area contributed by atoms with Gasteiger partial charge < -0.3 is 39.4 Å². The van der Waals surface area contributed by atoms with Gasteiger partial charge in [0.15, 0.2) is 28.8 Å². The van der Waals surface area contributed by atoms with Crippen LogP contribution in [0.15, 0.2) is 35.6 Å². The SMILES string of the molecule is COc1cc(OC)c2c(c1Cl)O[C@]1(C2=O)C(O)=C(C(CC(=O)NCCNC(C)=O)c2ccc3c(c2)OCO3)C(=O)C[C@H]1C. The van der Waals surface area contributed by atoms with E-state index in [4.69, 9.17) is 35.3 Å². The van der Waals surface area contributed by atoms with Crippen LogP contribution in [0.1, 0.15) is 48.5 Å². The summed E-state index contributed by atoms with van der Waals surface area (Å²) < 4.78 is 27.9. The van der Waals surface area contributed by atoms with Crippen LogP contribution in [-0.2, 0) is 14.4 Å². The lowest BCUT2D eigenvalue weighted by atomic mass is 9.69. The third-order valence-corrected chi connectivity index (χ3v) is 8.23. The quantitative estimate of drug-likeness (QED) is 0.358. The zero-order chi connectivity index (χ0) is 31.1. The van der Waals surface area contributed by atoms with Crippen molar-refractivity contribution in [1.82, 2.24) is 10.6 Å². The number of hydrogen-bond donors (Lipinski definition) is 3. The van der Waals surface area contributed by atoms with Crippen LogP contribution in [0.3, 0.4) is 0 Å². The van der Waals surface area contributed by atoms with E-state index in [0.717, 1.165) is 0 Å². The number of Topliss-reactive ketones (excluding diaryl/α,β-unsaturated/α-hetero) is 2. The van der Waals surface area contributed by atoms with Crippen molar-refractivity contribution in [2.24, 2.45) is 5.92 Å². The van der Waals surface area contributed by atoms with Gasteiger partial charge in [-0.25, -0.2) is 0 Å². The number of halogens is 1. The molecule has 1 spiro atoms. The van der Waals surface area contributed by atoms with E-state index in [1.165, 1.54) is 27.2 Å². The van der Waals surface area contributed by atoms with Crippen LogP contribution in [0.25, 0.3) is 0 Å². The second-order valence-electron chi connectivity index (χ2n) is 10.5. The Kier molecular flexibility index (Phi) is 8.15. The molecule has 0 saturated carbocycles. The number of carbonyl (C=O) groups excluding carboxylic acids is 4. The van der Waals surface area contributed by atoms with Gasteiger partial charge in [-0.05, 0) is 17.7 Å². The number of nitrogens with one attached hydrogen (secondary N) is 2. The number of ether oxygens (including phenoxy) is 5. The minimum Gasteiger partial charge on any atom is -0.507 e. The number of rotatable bonds is 9. The summed E-state index contributed by atoms with van der Waals surface area (Å²) in [6, 6.07) is 6.39. The normalized spacial score (nSPS) is 20.9. The van der Waals surface area contributed by atoms with Crippen molar-refractivity contribution in [2.75, 3.05) is 34.1 Å². The Morgan fingerprint density at radius 2 is 1.79 bits per heavy atom. The highest BCUT2D eigenvalue weighted by molar-refractivity contribution is 6.35. The number of allylic oxidation sites excluding steroid dienone is 1. The molecule has 2 heterocycles. The minimum atomic E-state index is -2.01. The third-order valence-electron chi connectivity index (χ3n) is 7.87. The number of hydrogen-bond acceptors (Lipinski definition) is 10. The summed E-state index contributed by atoms with van der Waals surface area (Å²) in [5.74, 6) is -3.02. The zero-order valence-electron chi connectivity index (χ0n) is 24.0. The Hall–Kier alpha value is -4.45. The number of methoxy groups -OCH3 is 2. The van der Waals surface area contributed by atoms with Crippen molar-refractivity contribution < 1.29 is 48.0 Å². The number of carbonyl (C=O) groups is 4. The monoisotopic (exact) mass is 614 g/mol. The van der Waals surface area contributed by atoms with Gasteiger partial charge in [0.25, 0.3) is 0 Å². The molecule has 0 aromatic heterocycles. The molecule has 0 radical (unpaired) electrons. The van der Waals surface area contributed by atoms with E-state index in [2.05, 4.69) is 10.6 Å². The third kappa shape index (κ3) is 5.09. The van der Waals surface area contributed by atoms with Crippen molar-refractivity contribution in [1.29, 1.82) is 0 Å². The topological polar surface area (TPSA) is 159 Å². The Labute approximate surface area is 252 Å². The van der Waals surface area contributed by atoms with E-state index in [9.17, 15) is 24.3 Å². The Morgan fingerprint density at radius 1 is 1.09 bits per heavy atom. The largest absolute Gasteiger partial charge is 0.507 e. The van der Waals surface area contributed by atoms with Crippen LogP contribution in [-0.4, -0.2) is 68.2 Å². The van der Waals surface area contributed by atoms with Crippen LogP contribution >= 0.6 is 11.6 Å². The number of benzene rings is 2. The average molecular weight is 615 g/mol. The molecule has 1 aliphatic carbocycles. The Bertz CT molecular complexity index is 1550. The fraction of sp³-hybridized carbons (Fsp3) is 0.400. The lowest BCUT2D eigenvalue weighted by molar-refractivity contribution is -0.122. The van der Waals surface area contributed by atoms with E-state index in [-0.39, 0.29) is 72.0 Å². The van der Waals surface area contributed by atoms with Gasteiger partial charge in [-0.2, -0.15) is 0 Å². The highest BCUT2D eigenvalue weighted by Crippen LogP contribution is 2.56. The molecule has 12 nitrogen and oxygen atoms in total. The summed E-state index contributed by atoms with van der Waals surface area (Å²) in [4.78, 5) is 52.2.